The summed E-state index contributed by atoms with van der Waals surface area (Å²) in [5.41, 5.74) is 0.424. The van der Waals surface area contributed by atoms with Crippen LogP contribution in [-0.2, 0) is 0 Å². The third kappa shape index (κ3) is 3.44. The Hall–Kier alpha value is -0.410. The van der Waals surface area contributed by atoms with Crippen molar-refractivity contribution < 1.29 is 4.39 Å². The van der Waals surface area contributed by atoms with Crippen molar-refractivity contribution in [1.82, 2.24) is 4.98 Å². The van der Waals surface area contributed by atoms with Crippen LogP contribution < -0.4 is 0 Å². The second kappa shape index (κ2) is 5.35. The summed E-state index contributed by atoms with van der Waals surface area (Å²) in [7, 11) is 0. The second-order valence-corrected chi connectivity index (χ2v) is 3.64. The minimum absolute atomic E-state index is 0.424. The number of aromatic nitrogens is 1. The molecule has 0 aromatic carbocycles. The SMILES string of the molecule is Fc1ncc(Cl)cc1C=CCCBr. The lowest BCUT2D eigenvalue weighted by Crippen LogP contribution is -1.86. The summed E-state index contributed by atoms with van der Waals surface area (Å²) in [4.78, 5) is 3.50. The van der Waals surface area contributed by atoms with Crippen LogP contribution >= 0.6 is 27.5 Å². The van der Waals surface area contributed by atoms with Gasteiger partial charge in [0.15, 0.2) is 0 Å². The zero-order valence-electron chi connectivity index (χ0n) is 6.80. The molecule has 0 radical (unpaired) electrons. The molecule has 0 saturated carbocycles. The van der Waals surface area contributed by atoms with E-state index in [9.17, 15) is 4.39 Å². The highest BCUT2D eigenvalue weighted by Crippen LogP contribution is 2.13. The summed E-state index contributed by atoms with van der Waals surface area (Å²) < 4.78 is 13.0. The summed E-state index contributed by atoms with van der Waals surface area (Å²) in [6, 6.07) is 1.55. The van der Waals surface area contributed by atoms with Crippen LogP contribution in [-0.4, -0.2) is 10.3 Å². The summed E-state index contributed by atoms with van der Waals surface area (Å²) in [6.45, 7) is 0. The molecule has 4 heteroatoms. The molecule has 0 N–H and O–H groups in total. The van der Waals surface area contributed by atoms with Gasteiger partial charge in [-0.15, -0.1) is 0 Å². The Balaban J connectivity index is 2.81. The van der Waals surface area contributed by atoms with E-state index in [1.54, 1.807) is 12.1 Å². The maximum absolute atomic E-state index is 13.0. The first kappa shape index (κ1) is 10.7. The molecule has 70 valence electrons. The molecule has 1 aromatic heterocycles. The fourth-order valence-corrected chi connectivity index (χ4v) is 1.26. The van der Waals surface area contributed by atoms with E-state index in [1.165, 1.54) is 6.20 Å². The third-order valence-corrected chi connectivity index (χ3v) is 2.07. The van der Waals surface area contributed by atoms with Crippen LogP contribution in [0.1, 0.15) is 12.0 Å². The van der Waals surface area contributed by atoms with Crippen LogP contribution in [0, 0.1) is 5.95 Å². The summed E-state index contributed by atoms with van der Waals surface area (Å²) in [5, 5.41) is 1.30. The number of allylic oxidation sites excluding steroid dienone is 1. The summed E-state index contributed by atoms with van der Waals surface area (Å²) >= 11 is 8.93. The minimum Gasteiger partial charge on any atom is -0.226 e. The molecule has 0 atom stereocenters. The van der Waals surface area contributed by atoms with Crippen LogP contribution in [0.2, 0.25) is 5.02 Å². The molecule has 1 nitrogen and oxygen atoms in total. The molecular formula is C9H8BrClFN. The molecule has 1 aromatic rings. The van der Waals surface area contributed by atoms with Gasteiger partial charge in [-0.25, -0.2) is 4.98 Å². The number of nitrogens with zero attached hydrogens (tertiary/aromatic N) is 1. The number of hydrogen-bond donors (Lipinski definition) is 0. The van der Waals surface area contributed by atoms with E-state index in [4.69, 9.17) is 11.6 Å². The van der Waals surface area contributed by atoms with Crippen molar-refractivity contribution in [1.29, 1.82) is 0 Å². The van der Waals surface area contributed by atoms with Gasteiger partial charge < -0.3 is 0 Å². The van der Waals surface area contributed by atoms with E-state index >= 15 is 0 Å². The van der Waals surface area contributed by atoms with Gasteiger partial charge in [-0.1, -0.05) is 39.7 Å². The molecule has 13 heavy (non-hydrogen) atoms. The number of halogens is 3. The molecule has 0 aliphatic heterocycles. The number of rotatable bonds is 3. The highest BCUT2D eigenvalue weighted by Gasteiger charge is 1.99. The van der Waals surface area contributed by atoms with Crippen molar-refractivity contribution in [2.24, 2.45) is 0 Å². The van der Waals surface area contributed by atoms with Crippen LogP contribution in [0.25, 0.3) is 6.08 Å². The lowest BCUT2D eigenvalue weighted by molar-refractivity contribution is 0.581. The van der Waals surface area contributed by atoms with Crippen molar-refractivity contribution in [2.45, 2.75) is 6.42 Å². The maximum Gasteiger partial charge on any atom is 0.220 e. The molecule has 0 saturated heterocycles. The molecular weight excluding hydrogens is 256 g/mol. The van der Waals surface area contributed by atoms with Gasteiger partial charge >= 0.3 is 0 Å². The fraction of sp³-hybridized carbons (Fsp3) is 0.222. The van der Waals surface area contributed by atoms with Gasteiger partial charge in [0.05, 0.1) is 5.02 Å². The van der Waals surface area contributed by atoms with E-state index in [0.717, 1.165) is 11.8 Å². The average Bonchev–Trinajstić information content (AvgIpc) is 2.11. The highest BCUT2D eigenvalue weighted by molar-refractivity contribution is 9.09. The minimum atomic E-state index is -0.491. The number of alkyl halides is 1. The Labute approximate surface area is 89.8 Å². The monoisotopic (exact) mass is 263 g/mol. The standard InChI is InChI=1S/C9H8BrClFN/c10-4-2-1-3-7-5-8(11)6-13-9(7)12/h1,3,5-6H,2,4H2. The lowest BCUT2D eigenvalue weighted by atomic mass is 10.2. The van der Waals surface area contributed by atoms with E-state index in [1.807, 2.05) is 6.08 Å². The Morgan fingerprint density at radius 1 is 1.62 bits per heavy atom. The van der Waals surface area contributed by atoms with Gasteiger partial charge in [0.2, 0.25) is 5.95 Å². The third-order valence-electron chi connectivity index (χ3n) is 1.41. The zero-order chi connectivity index (χ0) is 9.68. The largest absolute Gasteiger partial charge is 0.226 e. The maximum atomic E-state index is 13.0. The fourth-order valence-electron chi connectivity index (χ4n) is 0.828. The van der Waals surface area contributed by atoms with Gasteiger partial charge in [-0.05, 0) is 12.5 Å². The van der Waals surface area contributed by atoms with Crippen LogP contribution in [0.4, 0.5) is 4.39 Å². The first-order chi connectivity index (χ1) is 6.24. The normalized spacial score (nSPS) is 11.0. The predicted molar refractivity (Wildman–Crippen MR) is 56.7 cm³/mol. The topological polar surface area (TPSA) is 12.9 Å². The van der Waals surface area contributed by atoms with E-state index in [2.05, 4.69) is 20.9 Å². The first-order valence-corrected chi connectivity index (χ1v) is 5.27. The lowest BCUT2D eigenvalue weighted by Gasteiger charge is -1.95. The number of pyridine rings is 1. The van der Waals surface area contributed by atoms with E-state index < -0.39 is 5.95 Å². The van der Waals surface area contributed by atoms with Crippen molar-refractivity contribution >= 4 is 33.6 Å². The second-order valence-electron chi connectivity index (χ2n) is 2.41. The first-order valence-electron chi connectivity index (χ1n) is 3.77. The Morgan fingerprint density at radius 2 is 2.38 bits per heavy atom. The molecule has 0 aliphatic carbocycles. The van der Waals surface area contributed by atoms with Crippen LogP contribution in [0.3, 0.4) is 0 Å². The quantitative estimate of drug-likeness (QED) is 0.599. The van der Waals surface area contributed by atoms with Gasteiger partial charge in [-0.3, -0.25) is 0 Å². The van der Waals surface area contributed by atoms with Gasteiger partial charge in [-0.2, -0.15) is 4.39 Å². The molecule has 0 fully saturated rings. The Bertz CT molecular complexity index is 314. The molecule has 1 heterocycles. The van der Waals surface area contributed by atoms with Gasteiger partial charge in [0, 0.05) is 17.1 Å². The molecule has 0 spiro atoms. The molecule has 0 aliphatic rings. The van der Waals surface area contributed by atoms with Crippen molar-refractivity contribution in [3.8, 4) is 0 Å². The van der Waals surface area contributed by atoms with Crippen LogP contribution in [0.15, 0.2) is 18.3 Å². The smallest absolute Gasteiger partial charge is 0.220 e. The van der Waals surface area contributed by atoms with Crippen molar-refractivity contribution in [3.63, 3.8) is 0 Å². The van der Waals surface area contributed by atoms with Gasteiger partial charge in [0.25, 0.3) is 0 Å². The summed E-state index contributed by atoms with van der Waals surface area (Å²) in [5.74, 6) is -0.491. The highest BCUT2D eigenvalue weighted by atomic mass is 79.9. The Morgan fingerprint density at radius 3 is 3.08 bits per heavy atom. The molecule has 0 amide bonds. The van der Waals surface area contributed by atoms with Crippen molar-refractivity contribution in [2.75, 3.05) is 5.33 Å². The summed E-state index contributed by atoms with van der Waals surface area (Å²) in [6.07, 6.45) is 5.69. The van der Waals surface area contributed by atoms with E-state index in [0.29, 0.717) is 10.6 Å². The predicted octanol–water partition coefficient (Wildman–Crippen LogP) is 3.67. The molecule has 1 rings (SSSR count). The Kier molecular flexibility index (Phi) is 4.39. The number of hydrogen-bond acceptors (Lipinski definition) is 1. The zero-order valence-corrected chi connectivity index (χ0v) is 9.15. The average molecular weight is 265 g/mol. The van der Waals surface area contributed by atoms with Crippen molar-refractivity contribution in [3.05, 3.63) is 34.9 Å². The van der Waals surface area contributed by atoms with Gasteiger partial charge in [0.1, 0.15) is 0 Å². The molecule has 0 bridgehead atoms. The van der Waals surface area contributed by atoms with E-state index in [-0.39, 0.29) is 0 Å². The molecule has 0 unspecified atom stereocenters. The van der Waals surface area contributed by atoms with Crippen LogP contribution in [0.5, 0.6) is 0 Å².